The molecular formula is C10H8ClF3N2O. The molecule has 0 radical (unpaired) electrons. The van der Waals surface area contributed by atoms with Crippen LogP contribution in [0.5, 0.6) is 5.75 Å². The van der Waals surface area contributed by atoms with E-state index in [-0.39, 0.29) is 17.9 Å². The standard InChI is InChI=1S/C10H8ClF3N2O/c1-6-7(4-11)8(2-3-15)16-5-9(6)17-10(12,13)14/h5H,2,4H2,1H3. The van der Waals surface area contributed by atoms with Crippen LogP contribution in [-0.2, 0) is 12.3 Å². The molecule has 0 aliphatic carbocycles. The summed E-state index contributed by atoms with van der Waals surface area (Å²) in [6, 6.07) is 1.87. The minimum atomic E-state index is -4.77. The molecule has 0 amide bonds. The van der Waals surface area contributed by atoms with Gasteiger partial charge >= 0.3 is 6.36 Å². The van der Waals surface area contributed by atoms with Gasteiger partial charge in [-0.2, -0.15) is 5.26 Å². The van der Waals surface area contributed by atoms with E-state index >= 15 is 0 Å². The van der Waals surface area contributed by atoms with Crippen molar-refractivity contribution in [3.05, 3.63) is 23.0 Å². The summed E-state index contributed by atoms with van der Waals surface area (Å²) in [6.45, 7) is 1.45. The number of ether oxygens (including phenoxy) is 1. The van der Waals surface area contributed by atoms with Gasteiger partial charge in [0.1, 0.15) is 0 Å². The summed E-state index contributed by atoms with van der Waals surface area (Å²) in [7, 11) is 0. The van der Waals surface area contributed by atoms with Crippen LogP contribution in [0.15, 0.2) is 6.20 Å². The predicted octanol–water partition coefficient (Wildman–Crippen LogP) is 3.09. The van der Waals surface area contributed by atoms with E-state index in [0.29, 0.717) is 11.3 Å². The average molecular weight is 265 g/mol. The maximum atomic E-state index is 12.1. The van der Waals surface area contributed by atoms with E-state index in [1.807, 2.05) is 6.07 Å². The topological polar surface area (TPSA) is 45.9 Å². The quantitative estimate of drug-likeness (QED) is 0.788. The summed E-state index contributed by atoms with van der Waals surface area (Å²) >= 11 is 5.63. The van der Waals surface area contributed by atoms with Gasteiger partial charge in [-0.05, 0) is 18.1 Å². The van der Waals surface area contributed by atoms with Crippen LogP contribution >= 0.6 is 11.6 Å². The molecule has 7 heteroatoms. The summed E-state index contributed by atoms with van der Waals surface area (Å²) in [5.74, 6) is -0.417. The molecule has 3 nitrogen and oxygen atoms in total. The number of pyridine rings is 1. The fraction of sp³-hybridized carbons (Fsp3) is 0.400. The molecule has 0 aliphatic heterocycles. The fourth-order valence-electron chi connectivity index (χ4n) is 1.31. The van der Waals surface area contributed by atoms with E-state index in [0.717, 1.165) is 6.20 Å². The van der Waals surface area contributed by atoms with E-state index < -0.39 is 12.1 Å². The molecule has 1 aromatic heterocycles. The van der Waals surface area contributed by atoms with Crippen LogP contribution in [0.3, 0.4) is 0 Å². The maximum absolute atomic E-state index is 12.1. The van der Waals surface area contributed by atoms with Gasteiger partial charge in [-0.25, -0.2) is 0 Å². The van der Waals surface area contributed by atoms with Gasteiger partial charge in [0, 0.05) is 5.88 Å². The van der Waals surface area contributed by atoms with E-state index in [1.165, 1.54) is 6.92 Å². The van der Waals surface area contributed by atoms with E-state index in [2.05, 4.69) is 9.72 Å². The van der Waals surface area contributed by atoms with Gasteiger partial charge in [0.2, 0.25) is 0 Å². The summed E-state index contributed by atoms with van der Waals surface area (Å²) in [6.07, 6.45) is -3.83. The first-order chi connectivity index (χ1) is 7.89. The number of nitrogens with zero attached hydrogens (tertiary/aromatic N) is 2. The third kappa shape index (κ3) is 3.49. The molecule has 1 heterocycles. The van der Waals surface area contributed by atoms with Crippen molar-refractivity contribution in [3.63, 3.8) is 0 Å². The SMILES string of the molecule is Cc1c(OC(F)(F)F)cnc(CC#N)c1CCl. The van der Waals surface area contributed by atoms with E-state index in [1.54, 1.807) is 0 Å². The lowest BCUT2D eigenvalue weighted by Crippen LogP contribution is -2.18. The van der Waals surface area contributed by atoms with Gasteiger partial charge in [-0.3, -0.25) is 4.98 Å². The molecule has 1 aromatic rings. The Hall–Kier alpha value is -1.48. The van der Waals surface area contributed by atoms with Crippen molar-refractivity contribution < 1.29 is 17.9 Å². The first kappa shape index (κ1) is 13.6. The Bertz CT molecular complexity index is 454. The van der Waals surface area contributed by atoms with Crippen LogP contribution in [-0.4, -0.2) is 11.3 Å². The molecule has 0 aliphatic rings. The number of nitriles is 1. The molecule has 0 saturated heterocycles. The minimum Gasteiger partial charge on any atom is -0.404 e. The summed E-state index contributed by atoms with van der Waals surface area (Å²) in [5, 5.41) is 8.54. The number of halogens is 4. The second kappa shape index (κ2) is 5.23. The van der Waals surface area contributed by atoms with Gasteiger partial charge in [0.05, 0.1) is 24.4 Å². The molecule has 0 aromatic carbocycles. The largest absolute Gasteiger partial charge is 0.573 e. The van der Waals surface area contributed by atoms with Crippen molar-refractivity contribution in [1.82, 2.24) is 4.98 Å². The minimum absolute atomic E-state index is 0.00477. The van der Waals surface area contributed by atoms with Gasteiger partial charge in [-0.1, -0.05) is 0 Å². The number of aromatic nitrogens is 1. The molecule has 0 fully saturated rings. The maximum Gasteiger partial charge on any atom is 0.573 e. The van der Waals surface area contributed by atoms with Crippen LogP contribution < -0.4 is 4.74 Å². The number of rotatable bonds is 3. The van der Waals surface area contributed by atoms with E-state index in [9.17, 15) is 13.2 Å². The zero-order valence-corrected chi connectivity index (χ0v) is 9.56. The van der Waals surface area contributed by atoms with Crippen molar-refractivity contribution >= 4 is 11.6 Å². The average Bonchev–Trinajstić information content (AvgIpc) is 2.21. The molecule has 0 N–H and O–H groups in total. The lowest BCUT2D eigenvalue weighted by Gasteiger charge is -2.14. The first-order valence-corrected chi connectivity index (χ1v) is 5.08. The molecule has 0 saturated carbocycles. The lowest BCUT2D eigenvalue weighted by atomic mass is 10.1. The molecule has 0 bridgehead atoms. The highest BCUT2D eigenvalue weighted by atomic mass is 35.5. The molecule has 0 spiro atoms. The lowest BCUT2D eigenvalue weighted by molar-refractivity contribution is -0.275. The third-order valence-corrected chi connectivity index (χ3v) is 2.38. The Kier molecular flexibility index (Phi) is 4.18. The zero-order valence-electron chi connectivity index (χ0n) is 8.81. The van der Waals surface area contributed by atoms with Crippen molar-refractivity contribution in [2.45, 2.75) is 25.6 Å². The molecule has 92 valence electrons. The molecular weight excluding hydrogens is 257 g/mol. The highest BCUT2D eigenvalue weighted by molar-refractivity contribution is 6.17. The number of hydrogen-bond donors (Lipinski definition) is 0. The van der Waals surface area contributed by atoms with Crippen LogP contribution in [0.2, 0.25) is 0 Å². The number of hydrogen-bond acceptors (Lipinski definition) is 3. The first-order valence-electron chi connectivity index (χ1n) is 4.55. The zero-order chi connectivity index (χ0) is 13.1. The Morgan fingerprint density at radius 3 is 2.65 bits per heavy atom. The molecule has 17 heavy (non-hydrogen) atoms. The molecule has 1 rings (SSSR count). The van der Waals surface area contributed by atoms with Crippen molar-refractivity contribution in [2.75, 3.05) is 0 Å². The second-order valence-corrected chi connectivity index (χ2v) is 3.46. The van der Waals surface area contributed by atoms with Crippen molar-refractivity contribution in [1.29, 1.82) is 5.26 Å². The normalized spacial score (nSPS) is 11.1. The van der Waals surface area contributed by atoms with Gasteiger partial charge in [0.15, 0.2) is 5.75 Å². The van der Waals surface area contributed by atoms with Crippen molar-refractivity contribution in [3.8, 4) is 11.8 Å². The highest BCUT2D eigenvalue weighted by Gasteiger charge is 2.32. The van der Waals surface area contributed by atoms with Crippen LogP contribution in [0.1, 0.15) is 16.8 Å². The molecule has 0 unspecified atom stereocenters. The monoisotopic (exact) mass is 264 g/mol. The second-order valence-electron chi connectivity index (χ2n) is 3.19. The Morgan fingerprint density at radius 2 is 2.18 bits per heavy atom. The van der Waals surface area contributed by atoms with Crippen molar-refractivity contribution in [2.24, 2.45) is 0 Å². The Labute approximate surface area is 101 Å². The Morgan fingerprint density at radius 1 is 1.53 bits per heavy atom. The third-order valence-electron chi connectivity index (χ3n) is 2.11. The summed E-state index contributed by atoms with van der Waals surface area (Å²) in [5.41, 5.74) is 1.02. The van der Waals surface area contributed by atoms with E-state index in [4.69, 9.17) is 16.9 Å². The van der Waals surface area contributed by atoms with Gasteiger partial charge in [-0.15, -0.1) is 24.8 Å². The smallest absolute Gasteiger partial charge is 0.404 e. The van der Waals surface area contributed by atoms with Crippen LogP contribution in [0.4, 0.5) is 13.2 Å². The van der Waals surface area contributed by atoms with Crippen LogP contribution in [0, 0.1) is 18.3 Å². The Balaban J connectivity index is 3.16. The van der Waals surface area contributed by atoms with Crippen LogP contribution in [0.25, 0.3) is 0 Å². The van der Waals surface area contributed by atoms with Gasteiger partial charge in [0.25, 0.3) is 0 Å². The summed E-state index contributed by atoms with van der Waals surface area (Å²) < 4.78 is 40.0. The summed E-state index contributed by atoms with van der Waals surface area (Å²) in [4.78, 5) is 3.75. The van der Waals surface area contributed by atoms with Gasteiger partial charge < -0.3 is 4.74 Å². The molecule has 0 atom stereocenters. The predicted molar refractivity (Wildman–Crippen MR) is 54.5 cm³/mol. The number of alkyl halides is 4. The highest BCUT2D eigenvalue weighted by Crippen LogP contribution is 2.29. The fourth-order valence-corrected chi connectivity index (χ4v) is 1.66.